The second-order valence-electron chi connectivity index (χ2n) is 3.04. The number of anilines is 1. The van der Waals surface area contributed by atoms with E-state index in [1.165, 1.54) is 4.68 Å². The number of nitrogens with one attached hydrogen (secondary N) is 2. The summed E-state index contributed by atoms with van der Waals surface area (Å²) in [6.45, 7) is 1.76. The Kier molecular flexibility index (Phi) is 2.20. The lowest BCUT2D eigenvalue weighted by molar-refractivity contribution is 0.101. The van der Waals surface area contributed by atoms with Gasteiger partial charge in [-0.2, -0.15) is 10.1 Å². The van der Waals surface area contributed by atoms with E-state index in [4.69, 9.17) is 0 Å². The standard InChI is InChI=1S/C8H10N6O/c1-5-10-8(13-12-5)11-7(15)6-3-4-9-14(6)2/h3-4H,1-2H3,(H2,10,11,12,13,15). The van der Waals surface area contributed by atoms with Crippen molar-refractivity contribution in [2.24, 2.45) is 7.05 Å². The van der Waals surface area contributed by atoms with Crippen molar-refractivity contribution in [2.75, 3.05) is 5.32 Å². The minimum absolute atomic E-state index is 0.263. The molecule has 0 spiro atoms. The van der Waals surface area contributed by atoms with Crippen LogP contribution in [0.25, 0.3) is 0 Å². The molecule has 2 heterocycles. The van der Waals surface area contributed by atoms with Crippen molar-refractivity contribution in [3.63, 3.8) is 0 Å². The third kappa shape index (κ3) is 1.85. The van der Waals surface area contributed by atoms with Crippen molar-refractivity contribution in [1.29, 1.82) is 0 Å². The number of hydrogen-bond donors (Lipinski definition) is 2. The number of H-pyrrole nitrogens is 1. The Hall–Kier alpha value is -2.18. The van der Waals surface area contributed by atoms with Crippen LogP contribution >= 0.6 is 0 Å². The third-order valence-electron chi connectivity index (χ3n) is 1.88. The van der Waals surface area contributed by atoms with E-state index in [-0.39, 0.29) is 11.9 Å². The number of amides is 1. The summed E-state index contributed by atoms with van der Waals surface area (Å²) in [5.74, 6) is 0.628. The number of carbonyl (C=O) groups is 1. The first-order valence-electron chi connectivity index (χ1n) is 4.35. The highest BCUT2D eigenvalue weighted by Crippen LogP contribution is 2.02. The first-order valence-corrected chi connectivity index (χ1v) is 4.35. The van der Waals surface area contributed by atoms with E-state index in [9.17, 15) is 4.79 Å². The van der Waals surface area contributed by atoms with Crippen molar-refractivity contribution in [3.05, 3.63) is 23.8 Å². The van der Waals surface area contributed by atoms with Gasteiger partial charge in [0.05, 0.1) is 0 Å². The SMILES string of the molecule is Cc1nc(NC(=O)c2ccnn2C)n[nH]1. The number of aromatic amines is 1. The van der Waals surface area contributed by atoms with Crippen molar-refractivity contribution in [2.45, 2.75) is 6.92 Å². The number of aryl methyl sites for hydroxylation is 2. The molecule has 0 aliphatic heterocycles. The van der Waals surface area contributed by atoms with Crippen LogP contribution < -0.4 is 5.32 Å². The van der Waals surface area contributed by atoms with Crippen molar-refractivity contribution in [3.8, 4) is 0 Å². The Bertz CT molecular complexity index is 485. The molecule has 0 fully saturated rings. The minimum Gasteiger partial charge on any atom is -0.288 e. The van der Waals surface area contributed by atoms with Gasteiger partial charge in [0.2, 0.25) is 5.95 Å². The molecule has 0 saturated carbocycles. The van der Waals surface area contributed by atoms with E-state index in [1.807, 2.05) is 0 Å². The smallest absolute Gasteiger partial charge is 0.276 e. The molecule has 0 aromatic carbocycles. The predicted octanol–water partition coefficient (Wildman–Crippen LogP) is 0.0989. The fourth-order valence-electron chi connectivity index (χ4n) is 1.16. The van der Waals surface area contributed by atoms with Gasteiger partial charge in [-0.1, -0.05) is 0 Å². The molecule has 0 unspecified atom stereocenters. The van der Waals surface area contributed by atoms with Gasteiger partial charge in [0.15, 0.2) is 0 Å². The van der Waals surface area contributed by atoms with Crippen LogP contribution in [0.15, 0.2) is 12.3 Å². The molecule has 1 amide bonds. The van der Waals surface area contributed by atoms with Gasteiger partial charge in [0.1, 0.15) is 11.5 Å². The van der Waals surface area contributed by atoms with E-state index in [0.29, 0.717) is 11.5 Å². The molecule has 78 valence electrons. The molecule has 15 heavy (non-hydrogen) atoms. The van der Waals surface area contributed by atoms with E-state index < -0.39 is 0 Å². The Balaban J connectivity index is 2.14. The van der Waals surface area contributed by atoms with Crippen LogP contribution in [0.3, 0.4) is 0 Å². The summed E-state index contributed by atoms with van der Waals surface area (Å²) in [5, 5.41) is 12.9. The lowest BCUT2D eigenvalue weighted by Gasteiger charge is -2.00. The summed E-state index contributed by atoms with van der Waals surface area (Å²) in [7, 11) is 1.69. The maximum atomic E-state index is 11.6. The number of carbonyl (C=O) groups excluding carboxylic acids is 1. The molecule has 0 atom stereocenters. The Morgan fingerprint density at radius 3 is 2.93 bits per heavy atom. The van der Waals surface area contributed by atoms with Gasteiger partial charge in [-0.25, -0.2) is 0 Å². The maximum Gasteiger partial charge on any atom is 0.276 e. The molecule has 7 nitrogen and oxygen atoms in total. The normalized spacial score (nSPS) is 10.3. The van der Waals surface area contributed by atoms with Crippen LogP contribution in [0, 0.1) is 6.92 Å². The summed E-state index contributed by atoms with van der Waals surface area (Å²) in [6.07, 6.45) is 1.55. The van der Waals surface area contributed by atoms with Gasteiger partial charge in [-0.3, -0.25) is 19.9 Å². The first kappa shape index (κ1) is 9.38. The van der Waals surface area contributed by atoms with Gasteiger partial charge in [-0.15, -0.1) is 5.10 Å². The van der Waals surface area contributed by atoms with Gasteiger partial charge in [0.25, 0.3) is 5.91 Å². The highest BCUT2D eigenvalue weighted by atomic mass is 16.2. The highest BCUT2D eigenvalue weighted by molar-refractivity contribution is 6.01. The van der Waals surface area contributed by atoms with Crippen LogP contribution in [0.5, 0.6) is 0 Å². The largest absolute Gasteiger partial charge is 0.288 e. The molecule has 7 heteroatoms. The summed E-state index contributed by atoms with van der Waals surface area (Å²) < 4.78 is 1.48. The fourth-order valence-corrected chi connectivity index (χ4v) is 1.16. The lowest BCUT2D eigenvalue weighted by Crippen LogP contribution is -2.16. The lowest BCUT2D eigenvalue weighted by atomic mass is 10.4. The van der Waals surface area contributed by atoms with Crippen molar-refractivity contribution >= 4 is 11.9 Å². The monoisotopic (exact) mass is 206 g/mol. The molecule has 2 rings (SSSR count). The van der Waals surface area contributed by atoms with Crippen molar-refractivity contribution in [1.82, 2.24) is 25.0 Å². The molecular weight excluding hydrogens is 196 g/mol. The van der Waals surface area contributed by atoms with E-state index in [0.717, 1.165) is 0 Å². The Morgan fingerprint density at radius 2 is 2.40 bits per heavy atom. The summed E-state index contributed by atoms with van der Waals surface area (Å²) >= 11 is 0. The maximum absolute atomic E-state index is 11.6. The first-order chi connectivity index (χ1) is 7.16. The Labute approximate surface area is 85.5 Å². The highest BCUT2D eigenvalue weighted by Gasteiger charge is 2.11. The average Bonchev–Trinajstić information content (AvgIpc) is 2.75. The number of aromatic nitrogens is 5. The second kappa shape index (κ2) is 3.52. The van der Waals surface area contributed by atoms with Gasteiger partial charge in [-0.05, 0) is 13.0 Å². The second-order valence-corrected chi connectivity index (χ2v) is 3.04. The van der Waals surface area contributed by atoms with E-state index in [1.54, 1.807) is 26.2 Å². The topological polar surface area (TPSA) is 88.5 Å². The molecule has 0 aliphatic carbocycles. The number of rotatable bonds is 2. The fraction of sp³-hybridized carbons (Fsp3) is 0.250. The zero-order valence-electron chi connectivity index (χ0n) is 8.35. The van der Waals surface area contributed by atoms with E-state index in [2.05, 4.69) is 25.6 Å². The number of hydrogen-bond acceptors (Lipinski definition) is 4. The molecule has 0 radical (unpaired) electrons. The molecule has 0 aliphatic rings. The van der Waals surface area contributed by atoms with Crippen LogP contribution in [0.1, 0.15) is 16.3 Å². The zero-order valence-corrected chi connectivity index (χ0v) is 8.35. The summed E-state index contributed by atoms with van der Waals surface area (Å²) in [4.78, 5) is 15.6. The van der Waals surface area contributed by atoms with Gasteiger partial charge < -0.3 is 0 Å². The average molecular weight is 206 g/mol. The molecule has 0 saturated heterocycles. The Morgan fingerprint density at radius 1 is 1.60 bits per heavy atom. The van der Waals surface area contributed by atoms with Crippen LogP contribution in [0.4, 0.5) is 5.95 Å². The molecular formula is C8H10N6O. The summed E-state index contributed by atoms with van der Waals surface area (Å²) in [6, 6.07) is 1.62. The minimum atomic E-state index is -0.283. The van der Waals surface area contributed by atoms with Crippen LogP contribution in [-0.2, 0) is 7.05 Å². The summed E-state index contributed by atoms with van der Waals surface area (Å²) in [5.41, 5.74) is 0.456. The van der Waals surface area contributed by atoms with Crippen molar-refractivity contribution < 1.29 is 4.79 Å². The molecule has 2 aromatic heterocycles. The zero-order chi connectivity index (χ0) is 10.8. The molecule has 2 aromatic rings. The van der Waals surface area contributed by atoms with Crippen LogP contribution in [-0.4, -0.2) is 30.9 Å². The van der Waals surface area contributed by atoms with E-state index >= 15 is 0 Å². The third-order valence-corrected chi connectivity index (χ3v) is 1.88. The molecule has 0 bridgehead atoms. The predicted molar refractivity (Wildman–Crippen MR) is 52.3 cm³/mol. The van der Waals surface area contributed by atoms with Gasteiger partial charge >= 0.3 is 0 Å². The van der Waals surface area contributed by atoms with Gasteiger partial charge in [0, 0.05) is 13.2 Å². The quantitative estimate of drug-likeness (QED) is 0.729. The van der Waals surface area contributed by atoms with Crippen LogP contribution in [0.2, 0.25) is 0 Å². The molecule has 2 N–H and O–H groups in total. The number of nitrogens with zero attached hydrogens (tertiary/aromatic N) is 4.